The Morgan fingerprint density at radius 1 is 1.23 bits per heavy atom. The molecule has 1 N–H and O–H groups in total. The topological polar surface area (TPSA) is 56.1 Å². The maximum Gasteiger partial charge on any atom is 0.271 e. The van der Waals surface area contributed by atoms with Crippen LogP contribution in [0, 0.1) is 20.8 Å². The van der Waals surface area contributed by atoms with E-state index in [1.54, 1.807) is 11.8 Å². The van der Waals surface area contributed by atoms with Crippen LogP contribution in [0.3, 0.4) is 0 Å². The number of hydrogen-bond donors (Lipinski definition) is 1. The second kappa shape index (κ2) is 6.75. The molecule has 1 amide bonds. The lowest BCUT2D eigenvalue weighted by Gasteiger charge is -2.11. The SMILES string of the molecule is COCCNC(=O)c1cc(-c2c(C)cc(C)cc2C)n(C)n1. The van der Waals surface area contributed by atoms with Gasteiger partial charge in [0.05, 0.1) is 12.3 Å². The van der Waals surface area contributed by atoms with Crippen molar-refractivity contribution in [3.8, 4) is 11.3 Å². The molecule has 5 nitrogen and oxygen atoms in total. The first kappa shape index (κ1) is 16.2. The molecule has 0 aliphatic rings. The predicted molar refractivity (Wildman–Crippen MR) is 87.1 cm³/mol. The van der Waals surface area contributed by atoms with Crippen LogP contribution in [0.5, 0.6) is 0 Å². The van der Waals surface area contributed by atoms with Crippen LogP contribution in [-0.4, -0.2) is 35.9 Å². The van der Waals surface area contributed by atoms with E-state index in [-0.39, 0.29) is 5.91 Å². The summed E-state index contributed by atoms with van der Waals surface area (Å²) in [6.07, 6.45) is 0. The number of benzene rings is 1. The molecule has 1 aromatic heterocycles. The Balaban J connectivity index is 2.33. The summed E-state index contributed by atoms with van der Waals surface area (Å²) in [5, 5.41) is 7.12. The molecule has 2 rings (SSSR count). The van der Waals surface area contributed by atoms with Crippen molar-refractivity contribution in [2.75, 3.05) is 20.3 Å². The molecule has 22 heavy (non-hydrogen) atoms. The Morgan fingerprint density at radius 3 is 2.45 bits per heavy atom. The summed E-state index contributed by atoms with van der Waals surface area (Å²) >= 11 is 0. The number of aromatic nitrogens is 2. The number of nitrogens with one attached hydrogen (secondary N) is 1. The van der Waals surface area contributed by atoms with Crippen LogP contribution in [0.15, 0.2) is 18.2 Å². The maximum absolute atomic E-state index is 12.1. The Hall–Kier alpha value is -2.14. The largest absolute Gasteiger partial charge is 0.383 e. The molecule has 0 aliphatic carbocycles. The van der Waals surface area contributed by atoms with Gasteiger partial charge in [-0.3, -0.25) is 9.48 Å². The molecule has 0 fully saturated rings. The number of aryl methyl sites for hydroxylation is 4. The number of carbonyl (C=O) groups is 1. The van der Waals surface area contributed by atoms with Gasteiger partial charge in [0.15, 0.2) is 5.69 Å². The molecule has 0 aliphatic heterocycles. The van der Waals surface area contributed by atoms with Gasteiger partial charge in [0.2, 0.25) is 0 Å². The van der Waals surface area contributed by atoms with Crippen molar-refractivity contribution >= 4 is 5.91 Å². The third-order valence-electron chi connectivity index (χ3n) is 3.64. The number of carbonyl (C=O) groups excluding carboxylic acids is 1. The molecule has 5 heteroatoms. The third kappa shape index (κ3) is 3.36. The van der Waals surface area contributed by atoms with E-state index in [2.05, 4.69) is 43.3 Å². The molecule has 0 atom stereocenters. The fraction of sp³-hybridized carbons (Fsp3) is 0.412. The van der Waals surface area contributed by atoms with Gasteiger partial charge in [0.1, 0.15) is 0 Å². The molecular weight excluding hydrogens is 278 g/mol. The summed E-state index contributed by atoms with van der Waals surface area (Å²) in [5.41, 5.74) is 6.12. The monoisotopic (exact) mass is 301 g/mol. The van der Waals surface area contributed by atoms with Crippen molar-refractivity contribution in [3.63, 3.8) is 0 Å². The molecular formula is C17H23N3O2. The number of amides is 1. The molecule has 1 heterocycles. The number of ether oxygens (including phenoxy) is 1. The fourth-order valence-electron chi connectivity index (χ4n) is 2.75. The van der Waals surface area contributed by atoms with E-state index in [9.17, 15) is 4.79 Å². The molecule has 1 aromatic carbocycles. The van der Waals surface area contributed by atoms with Crippen molar-refractivity contribution < 1.29 is 9.53 Å². The zero-order valence-electron chi connectivity index (χ0n) is 13.9. The minimum Gasteiger partial charge on any atom is -0.383 e. The van der Waals surface area contributed by atoms with Crippen molar-refractivity contribution in [1.82, 2.24) is 15.1 Å². The summed E-state index contributed by atoms with van der Waals surface area (Å²) in [6, 6.07) is 6.13. The smallest absolute Gasteiger partial charge is 0.271 e. The van der Waals surface area contributed by atoms with E-state index in [1.807, 2.05) is 13.1 Å². The molecule has 0 radical (unpaired) electrons. The summed E-state index contributed by atoms with van der Waals surface area (Å²) < 4.78 is 6.69. The molecule has 0 bridgehead atoms. The van der Waals surface area contributed by atoms with Crippen LogP contribution in [0.4, 0.5) is 0 Å². The highest BCUT2D eigenvalue weighted by Gasteiger charge is 2.16. The van der Waals surface area contributed by atoms with Gasteiger partial charge >= 0.3 is 0 Å². The van der Waals surface area contributed by atoms with Crippen molar-refractivity contribution in [2.45, 2.75) is 20.8 Å². The van der Waals surface area contributed by atoms with Gasteiger partial charge in [-0.15, -0.1) is 0 Å². The van der Waals surface area contributed by atoms with Gasteiger partial charge in [-0.25, -0.2) is 0 Å². The lowest BCUT2D eigenvalue weighted by molar-refractivity contribution is 0.0931. The Morgan fingerprint density at radius 2 is 1.86 bits per heavy atom. The minimum atomic E-state index is -0.179. The number of methoxy groups -OCH3 is 1. The molecule has 0 unspecified atom stereocenters. The second-order valence-corrected chi connectivity index (χ2v) is 5.56. The van der Waals surface area contributed by atoms with Crippen LogP contribution in [0.25, 0.3) is 11.3 Å². The lowest BCUT2D eigenvalue weighted by Crippen LogP contribution is -2.27. The first-order valence-electron chi connectivity index (χ1n) is 7.33. The van der Waals surface area contributed by atoms with Gasteiger partial charge in [-0.05, 0) is 38.0 Å². The zero-order chi connectivity index (χ0) is 16.3. The van der Waals surface area contributed by atoms with E-state index in [0.29, 0.717) is 18.8 Å². The van der Waals surface area contributed by atoms with E-state index < -0.39 is 0 Å². The van der Waals surface area contributed by atoms with E-state index in [1.165, 1.54) is 16.7 Å². The van der Waals surface area contributed by atoms with Crippen molar-refractivity contribution in [1.29, 1.82) is 0 Å². The van der Waals surface area contributed by atoms with Crippen LogP contribution < -0.4 is 5.32 Å². The number of nitrogens with zero attached hydrogens (tertiary/aromatic N) is 2. The third-order valence-corrected chi connectivity index (χ3v) is 3.64. The lowest BCUT2D eigenvalue weighted by atomic mass is 9.97. The molecule has 0 saturated carbocycles. The molecule has 0 spiro atoms. The standard InChI is InChI=1S/C17H23N3O2/c1-11-8-12(2)16(13(3)9-11)15-10-14(19-20(15)4)17(21)18-6-7-22-5/h8-10H,6-7H2,1-5H3,(H,18,21). The van der Waals surface area contributed by atoms with E-state index >= 15 is 0 Å². The summed E-state index contributed by atoms with van der Waals surface area (Å²) in [4.78, 5) is 12.1. The van der Waals surface area contributed by atoms with Crippen molar-refractivity contribution in [2.24, 2.45) is 7.05 Å². The average Bonchev–Trinajstić information content (AvgIpc) is 2.80. The highest BCUT2D eigenvalue weighted by molar-refractivity contribution is 5.93. The van der Waals surface area contributed by atoms with Gasteiger partial charge in [0, 0.05) is 26.3 Å². The summed E-state index contributed by atoms with van der Waals surface area (Å²) in [7, 11) is 3.47. The Labute approximate surface area is 131 Å². The first-order valence-corrected chi connectivity index (χ1v) is 7.33. The second-order valence-electron chi connectivity index (χ2n) is 5.56. The van der Waals surface area contributed by atoms with Gasteiger partial charge in [-0.1, -0.05) is 17.7 Å². The molecule has 0 saturated heterocycles. The molecule has 2 aromatic rings. The normalized spacial score (nSPS) is 10.8. The highest BCUT2D eigenvalue weighted by atomic mass is 16.5. The van der Waals surface area contributed by atoms with Crippen LogP contribution >= 0.6 is 0 Å². The summed E-state index contributed by atoms with van der Waals surface area (Å²) in [6.45, 7) is 7.22. The minimum absolute atomic E-state index is 0.179. The number of rotatable bonds is 5. The Kier molecular flexibility index (Phi) is 4.98. The zero-order valence-corrected chi connectivity index (χ0v) is 13.9. The first-order chi connectivity index (χ1) is 10.4. The van der Waals surface area contributed by atoms with Crippen LogP contribution in [0.2, 0.25) is 0 Å². The Bertz CT molecular complexity index is 666. The maximum atomic E-state index is 12.1. The highest BCUT2D eigenvalue weighted by Crippen LogP contribution is 2.28. The fourth-order valence-corrected chi connectivity index (χ4v) is 2.75. The molecule has 118 valence electrons. The van der Waals surface area contributed by atoms with E-state index in [4.69, 9.17) is 4.74 Å². The quantitative estimate of drug-likeness (QED) is 0.863. The van der Waals surface area contributed by atoms with Crippen molar-refractivity contribution in [3.05, 3.63) is 40.6 Å². The predicted octanol–water partition coefficient (Wildman–Crippen LogP) is 2.39. The van der Waals surface area contributed by atoms with E-state index in [0.717, 1.165) is 11.3 Å². The van der Waals surface area contributed by atoms with Crippen LogP contribution in [-0.2, 0) is 11.8 Å². The van der Waals surface area contributed by atoms with Gasteiger partial charge < -0.3 is 10.1 Å². The average molecular weight is 301 g/mol. The van der Waals surface area contributed by atoms with Gasteiger partial charge in [0.25, 0.3) is 5.91 Å². The summed E-state index contributed by atoms with van der Waals surface area (Å²) in [5.74, 6) is -0.179. The van der Waals surface area contributed by atoms with Crippen LogP contribution in [0.1, 0.15) is 27.2 Å². The number of hydrogen-bond acceptors (Lipinski definition) is 3. The van der Waals surface area contributed by atoms with Gasteiger partial charge in [-0.2, -0.15) is 5.10 Å².